The third kappa shape index (κ3) is 2.58. The second-order valence-corrected chi connectivity index (χ2v) is 4.70. The summed E-state index contributed by atoms with van der Waals surface area (Å²) >= 11 is 0. The number of fused-ring (bicyclic) bond motifs is 1. The van der Waals surface area contributed by atoms with Crippen LogP contribution in [0, 0.1) is 11.3 Å². The number of aromatic nitrogens is 2. The Morgan fingerprint density at radius 3 is 2.77 bits per heavy atom. The molecular weight excluding hydrogens is 278 g/mol. The Morgan fingerprint density at radius 2 is 2.05 bits per heavy atom. The number of hydrogen-bond donors (Lipinski definition) is 2. The average molecular weight is 289 g/mol. The zero-order valence-corrected chi connectivity index (χ0v) is 11.4. The zero-order chi connectivity index (χ0) is 15.5. The summed E-state index contributed by atoms with van der Waals surface area (Å²) < 4.78 is 0. The van der Waals surface area contributed by atoms with Crippen molar-refractivity contribution in [1.29, 1.82) is 5.26 Å². The number of carboxylic acid groups (broad SMARTS) is 1. The molecule has 5 heteroatoms. The van der Waals surface area contributed by atoms with Crippen molar-refractivity contribution in [2.75, 3.05) is 0 Å². The first-order valence-electron chi connectivity index (χ1n) is 6.57. The Morgan fingerprint density at radius 1 is 1.23 bits per heavy atom. The van der Waals surface area contributed by atoms with Gasteiger partial charge >= 0.3 is 5.97 Å². The molecule has 0 spiro atoms. The topological polar surface area (TPSA) is 89.8 Å². The normalized spacial score (nSPS) is 11.3. The molecule has 0 saturated carbocycles. The van der Waals surface area contributed by atoms with E-state index in [4.69, 9.17) is 5.11 Å². The second-order valence-electron chi connectivity index (χ2n) is 4.70. The minimum absolute atomic E-state index is 0.177. The SMILES string of the molecule is N#C/C(=C\c1cccc(C(=O)O)c1)c1nc2ccccc2[nH]1. The third-order valence-electron chi connectivity index (χ3n) is 3.21. The second kappa shape index (κ2) is 5.54. The van der Waals surface area contributed by atoms with E-state index in [9.17, 15) is 10.1 Å². The molecule has 0 radical (unpaired) electrons. The van der Waals surface area contributed by atoms with Crippen LogP contribution in [-0.2, 0) is 0 Å². The number of aromatic carboxylic acids is 1. The maximum atomic E-state index is 11.0. The van der Waals surface area contributed by atoms with Crippen molar-refractivity contribution < 1.29 is 9.90 Å². The van der Waals surface area contributed by atoms with Gasteiger partial charge in [0.1, 0.15) is 11.9 Å². The van der Waals surface area contributed by atoms with Gasteiger partial charge in [0.05, 0.1) is 22.2 Å². The molecule has 3 rings (SSSR count). The summed E-state index contributed by atoms with van der Waals surface area (Å²) in [7, 11) is 0. The predicted octanol–water partition coefficient (Wildman–Crippen LogP) is 3.33. The standard InChI is InChI=1S/C17H11N3O2/c18-10-13(9-11-4-3-5-12(8-11)17(21)22)16-19-14-6-1-2-7-15(14)20-16/h1-9H,(H,19,20)(H,21,22)/b13-9+. The predicted molar refractivity (Wildman–Crippen MR) is 83.0 cm³/mol. The summed E-state index contributed by atoms with van der Waals surface area (Å²) in [5, 5.41) is 18.4. The van der Waals surface area contributed by atoms with E-state index in [1.54, 1.807) is 18.2 Å². The molecule has 0 bridgehead atoms. The van der Waals surface area contributed by atoms with Crippen LogP contribution in [0.3, 0.4) is 0 Å². The molecule has 0 aliphatic heterocycles. The number of rotatable bonds is 3. The summed E-state index contributed by atoms with van der Waals surface area (Å²) in [5.74, 6) is -0.540. The van der Waals surface area contributed by atoms with Crippen LogP contribution in [0.25, 0.3) is 22.7 Å². The maximum Gasteiger partial charge on any atom is 0.335 e. The van der Waals surface area contributed by atoms with Gasteiger partial charge in [-0.15, -0.1) is 0 Å². The largest absolute Gasteiger partial charge is 0.478 e. The van der Waals surface area contributed by atoms with E-state index in [1.165, 1.54) is 12.1 Å². The van der Waals surface area contributed by atoms with Crippen molar-refractivity contribution in [3.8, 4) is 6.07 Å². The number of hydrogen-bond acceptors (Lipinski definition) is 3. The van der Waals surface area contributed by atoms with Crippen molar-refractivity contribution in [2.45, 2.75) is 0 Å². The van der Waals surface area contributed by atoms with E-state index in [-0.39, 0.29) is 5.56 Å². The number of para-hydroxylation sites is 2. The van der Waals surface area contributed by atoms with Gasteiger partial charge in [0.15, 0.2) is 0 Å². The van der Waals surface area contributed by atoms with Gasteiger partial charge in [-0.3, -0.25) is 0 Å². The van der Waals surface area contributed by atoms with Crippen molar-refractivity contribution >= 4 is 28.7 Å². The smallest absolute Gasteiger partial charge is 0.335 e. The number of H-pyrrole nitrogens is 1. The number of imidazole rings is 1. The average Bonchev–Trinajstić information content (AvgIpc) is 2.96. The third-order valence-corrected chi connectivity index (χ3v) is 3.21. The highest BCUT2D eigenvalue weighted by atomic mass is 16.4. The number of allylic oxidation sites excluding steroid dienone is 1. The zero-order valence-electron chi connectivity index (χ0n) is 11.4. The lowest BCUT2D eigenvalue weighted by molar-refractivity contribution is 0.0697. The van der Waals surface area contributed by atoms with Crippen LogP contribution in [-0.4, -0.2) is 21.0 Å². The highest BCUT2D eigenvalue weighted by Crippen LogP contribution is 2.19. The first-order chi connectivity index (χ1) is 10.7. The molecule has 22 heavy (non-hydrogen) atoms. The van der Waals surface area contributed by atoms with Gasteiger partial charge in [-0.05, 0) is 35.9 Å². The fourth-order valence-electron chi connectivity index (χ4n) is 2.16. The molecule has 0 aliphatic rings. The number of benzene rings is 2. The minimum Gasteiger partial charge on any atom is -0.478 e. The van der Waals surface area contributed by atoms with Crippen LogP contribution in [0.4, 0.5) is 0 Å². The number of nitrogens with one attached hydrogen (secondary N) is 1. The van der Waals surface area contributed by atoms with Crippen LogP contribution in [0.1, 0.15) is 21.7 Å². The molecule has 0 aliphatic carbocycles. The lowest BCUT2D eigenvalue weighted by Crippen LogP contribution is -1.95. The van der Waals surface area contributed by atoms with Crippen LogP contribution in [0.2, 0.25) is 0 Å². The summed E-state index contributed by atoms with van der Waals surface area (Å²) in [6, 6.07) is 16.0. The molecule has 0 unspecified atom stereocenters. The van der Waals surface area contributed by atoms with Crippen molar-refractivity contribution in [3.05, 3.63) is 65.5 Å². The van der Waals surface area contributed by atoms with Gasteiger partial charge < -0.3 is 10.1 Å². The number of nitriles is 1. The van der Waals surface area contributed by atoms with Gasteiger partial charge in [0, 0.05) is 0 Å². The maximum absolute atomic E-state index is 11.0. The van der Waals surface area contributed by atoms with Crippen molar-refractivity contribution in [1.82, 2.24) is 9.97 Å². The molecule has 0 amide bonds. The molecule has 1 heterocycles. The lowest BCUT2D eigenvalue weighted by Gasteiger charge is -1.98. The molecule has 3 aromatic rings. The molecule has 0 atom stereocenters. The summed E-state index contributed by atoms with van der Waals surface area (Å²) in [5.41, 5.74) is 2.78. The van der Waals surface area contributed by atoms with E-state index in [2.05, 4.69) is 16.0 Å². The molecule has 0 fully saturated rings. The highest BCUT2D eigenvalue weighted by Gasteiger charge is 2.08. The van der Waals surface area contributed by atoms with Gasteiger partial charge in [0.2, 0.25) is 0 Å². The Labute approximate surface area is 126 Å². The number of carbonyl (C=O) groups is 1. The van der Waals surface area contributed by atoms with E-state index in [0.29, 0.717) is 17.0 Å². The molecular formula is C17H11N3O2. The van der Waals surface area contributed by atoms with Crippen molar-refractivity contribution in [2.24, 2.45) is 0 Å². The fourth-order valence-corrected chi connectivity index (χ4v) is 2.16. The van der Waals surface area contributed by atoms with Crippen LogP contribution in [0.15, 0.2) is 48.5 Å². The van der Waals surface area contributed by atoms with Crippen LogP contribution >= 0.6 is 0 Å². The Balaban J connectivity index is 2.05. The molecule has 1 aromatic heterocycles. The molecule has 106 valence electrons. The first kappa shape index (κ1) is 13.6. The minimum atomic E-state index is -1.00. The van der Waals surface area contributed by atoms with Gasteiger partial charge in [-0.25, -0.2) is 9.78 Å². The Hall–Kier alpha value is -3.39. The number of aromatic amines is 1. The first-order valence-corrected chi connectivity index (χ1v) is 6.57. The van der Waals surface area contributed by atoms with Gasteiger partial charge in [-0.2, -0.15) is 5.26 Å². The molecule has 0 saturated heterocycles. The molecule has 2 aromatic carbocycles. The number of carboxylic acids is 1. The van der Waals surface area contributed by atoms with E-state index in [1.807, 2.05) is 24.3 Å². The van der Waals surface area contributed by atoms with Crippen LogP contribution in [0.5, 0.6) is 0 Å². The fraction of sp³-hybridized carbons (Fsp3) is 0. The van der Waals surface area contributed by atoms with E-state index < -0.39 is 5.97 Å². The Bertz CT molecular complexity index is 899. The Kier molecular flexibility index (Phi) is 3.42. The summed E-state index contributed by atoms with van der Waals surface area (Å²) in [6.45, 7) is 0. The van der Waals surface area contributed by atoms with Gasteiger partial charge in [0.25, 0.3) is 0 Å². The summed E-state index contributed by atoms with van der Waals surface area (Å²) in [6.07, 6.45) is 1.62. The molecule has 2 N–H and O–H groups in total. The van der Waals surface area contributed by atoms with Gasteiger partial charge in [-0.1, -0.05) is 24.3 Å². The van der Waals surface area contributed by atoms with Crippen molar-refractivity contribution in [3.63, 3.8) is 0 Å². The monoisotopic (exact) mass is 289 g/mol. The quantitative estimate of drug-likeness (QED) is 0.724. The highest BCUT2D eigenvalue weighted by molar-refractivity contribution is 5.92. The molecule has 5 nitrogen and oxygen atoms in total. The number of nitrogens with zero attached hydrogens (tertiary/aromatic N) is 2. The summed E-state index contributed by atoms with van der Waals surface area (Å²) in [4.78, 5) is 18.5. The lowest BCUT2D eigenvalue weighted by atomic mass is 10.1. The van der Waals surface area contributed by atoms with E-state index in [0.717, 1.165) is 11.0 Å². The van der Waals surface area contributed by atoms with E-state index >= 15 is 0 Å². The van der Waals surface area contributed by atoms with Crippen LogP contribution < -0.4 is 0 Å².